The van der Waals surface area contributed by atoms with Crippen molar-refractivity contribution in [3.05, 3.63) is 48.5 Å². The van der Waals surface area contributed by atoms with Crippen LogP contribution in [0.1, 0.15) is 6.92 Å². The Morgan fingerprint density at radius 1 is 0.875 bits per heavy atom. The maximum atomic E-state index is 4.67. The Kier molecular flexibility index (Phi) is 2.07. The molecule has 0 N–H and O–H groups in total. The monoisotopic (exact) mass is 209 g/mol. The van der Waals surface area contributed by atoms with Crippen molar-refractivity contribution in [3.8, 4) is 0 Å². The number of aromatic nitrogens is 2. The molecule has 0 saturated heterocycles. The Morgan fingerprint density at radius 3 is 1.88 bits per heavy atom. The van der Waals surface area contributed by atoms with Gasteiger partial charge in [0.1, 0.15) is 17.6 Å². The number of hydrogen-bond acceptors (Lipinski definition) is 1. The van der Waals surface area contributed by atoms with Crippen LogP contribution in [0.5, 0.6) is 0 Å². The molecule has 0 bridgehead atoms. The molecule has 0 unspecified atom stereocenters. The first-order valence-corrected chi connectivity index (χ1v) is 5.57. The van der Waals surface area contributed by atoms with Gasteiger partial charge in [0, 0.05) is 12.1 Å². The summed E-state index contributed by atoms with van der Waals surface area (Å²) >= 11 is 0. The van der Waals surface area contributed by atoms with Crippen LogP contribution >= 0.6 is 0 Å². The van der Waals surface area contributed by atoms with Crippen LogP contribution in [-0.2, 0) is 6.54 Å². The third kappa shape index (κ3) is 1.27. The molecule has 78 valence electrons. The number of rotatable bonds is 1. The SMILES string of the molecule is CC[n+]1c2ccccc2nc2ccccc21. The molecule has 2 heteroatoms. The number of para-hydroxylation sites is 4. The van der Waals surface area contributed by atoms with E-state index >= 15 is 0 Å². The van der Waals surface area contributed by atoms with E-state index in [1.807, 2.05) is 12.1 Å². The van der Waals surface area contributed by atoms with Gasteiger partial charge in [-0.3, -0.25) is 0 Å². The summed E-state index contributed by atoms with van der Waals surface area (Å²) in [5, 5.41) is 0. The summed E-state index contributed by atoms with van der Waals surface area (Å²) in [4.78, 5) is 4.67. The molecule has 1 aromatic heterocycles. The number of benzene rings is 2. The van der Waals surface area contributed by atoms with E-state index in [4.69, 9.17) is 0 Å². The summed E-state index contributed by atoms with van der Waals surface area (Å²) in [7, 11) is 0. The van der Waals surface area contributed by atoms with E-state index in [0.29, 0.717) is 0 Å². The average molecular weight is 209 g/mol. The van der Waals surface area contributed by atoms with Crippen LogP contribution in [0.2, 0.25) is 0 Å². The number of fused-ring (bicyclic) bond motifs is 2. The molecule has 0 amide bonds. The maximum absolute atomic E-state index is 4.67. The van der Waals surface area contributed by atoms with Gasteiger partial charge >= 0.3 is 0 Å². The number of aryl methyl sites for hydroxylation is 1. The molecule has 3 rings (SSSR count). The molecule has 0 aliphatic carbocycles. The third-order valence-corrected chi connectivity index (χ3v) is 2.90. The van der Waals surface area contributed by atoms with E-state index in [2.05, 4.69) is 52.9 Å². The van der Waals surface area contributed by atoms with E-state index in [0.717, 1.165) is 17.6 Å². The van der Waals surface area contributed by atoms with E-state index < -0.39 is 0 Å². The molecule has 0 radical (unpaired) electrons. The van der Waals surface area contributed by atoms with Gasteiger partial charge in [0.25, 0.3) is 0 Å². The van der Waals surface area contributed by atoms with E-state index in [9.17, 15) is 0 Å². The van der Waals surface area contributed by atoms with Crippen molar-refractivity contribution in [3.63, 3.8) is 0 Å². The van der Waals surface area contributed by atoms with Crippen molar-refractivity contribution in [2.45, 2.75) is 13.5 Å². The van der Waals surface area contributed by atoms with Gasteiger partial charge in [-0.15, -0.1) is 0 Å². The van der Waals surface area contributed by atoms with Crippen LogP contribution in [0.4, 0.5) is 0 Å². The van der Waals surface area contributed by atoms with Crippen LogP contribution in [-0.4, -0.2) is 4.98 Å². The smallest absolute Gasteiger partial charge is 0.231 e. The van der Waals surface area contributed by atoms with Gasteiger partial charge in [-0.1, -0.05) is 24.3 Å². The predicted octanol–water partition coefficient (Wildman–Crippen LogP) is 2.70. The fourth-order valence-corrected chi connectivity index (χ4v) is 2.17. The summed E-state index contributed by atoms with van der Waals surface area (Å²) in [5.74, 6) is 0. The topological polar surface area (TPSA) is 16.8 Å². The average Bonchev–Trinajstić information content (AvgIpc) is 2.36. The van der Waals surface area contributed by atoms with Crippen LogP contribution in [0, 0.1) is 0 Å². The van der Waals surface area contributed by atoms with Crippen LogP contribution < -0.4 is 4.57 Å². The van der Waals surface area contributed by atoms with Gasteiger partial charge in [-0.2, -0.15) is 4.57 Å². The van der Waals surface area contributed by atoms with Gasteiger partial charge in [0.2, 0.25) is 11.0 Å². The Morgan fingerprint density at radius 2 is 1.38 bits per heavy atom. The van der Waals surface area contributed by atoms with E-state index in [1.54, 1.807) is 0 Å². The van der Waals surface area contributed by atoms with Crippen molar-refractivity contribution < 1.29 is 4.57 Å². The lowest BCUT2D eigenvalue weighted by Gasteiger charge is -2.02. The molecule has 0 aliphatic heterocycles. The zero-order chi connectivity index (χ0) is 11.0. The fraction of sp³-hybridized carbons (Fsp3) is 0.143. The molecule has 1 heterocycles. The largest absolute Gasteiger partial charge is 0.235 e. The maximum Gasteiger partial charge on any atom is 0.231 e. The molecule has 3 aromatic rings. The Bertz CT molecular complexity index is 605. The first kappa shape index (κ1) is 9.28. The second-order valence-electron chi connectivity index (χ2n) is 3.83. The van der Waals surface area contributed by atoms with Crippen LogP contribution in [0.15, 0.2) is 48.5 Å². The zero-order valence-corrected chi connectivity index (χ0v) is 9.22. The molecule has 0 spiro atoms. The highest BCUT2D eigenvalue weighted by atomic mass is 15.0. The molecule has 0 atom stereocenters. The molecule has 16 heavy (non-hydrogen) atoms. The predicted molar refractivity (Wildman–Crippen MR) is 65.1 cm³/mol. The number of hydrogen-bond donors (Lipinski definition) is 0. The lowest BCUT2D eigenvalue weighted by Crippen LogP contribution is -2.34. The quantitative estimate of drug-likeness (QED) is 0.445. The minimum absolute atomic E-state index is 0.962. The van der Waals surface area contributed by atoms with Crippen LogP contribution in [0.25, 0.3) is 22.1 Å². The molecule has 0 saturated carbocycles. The summed E-state index contributed by atoms with van der Waals surface area (Å²) in [6, 6.07) is 16.6. The highest BCUT2D eigenvalue weighted by Gasteiger charge is 2.13. The highest BCUT2D eigenvalue weighted by molar-refractivity contribution is 5.81. The lowest BCUT2D eigenvalue weighted by atomic mass is 10.2. The minimum Gasteiger partial charge on any atom is -0.235 e. The summed E-state index contributed by atoms with van der Waals surface area (Å²) < 4.78 is 2.30. The van der Waals surface area contributed by atoms with Gasteiger partial charge in [0.05, 0.1) is 0 Å². The first-order valence-electron chi connectivity index (χ1n) is 5.57. The summed E-state index contributed by atoms with van der Waals surface area (Å²) in [6.45, 7) is 3.13. The second-order valence-corrected chi connectivity index (χ2v) is 3.83. The minimum atomic E-state index is 0.962. The molecule has 0 aliphatic rings. The van der Waals surface area contributed by atoms with Gasteiger partial charge in [0.15, 0.2) is 0 Å². The van der Waals surface area contributed by atoms with Gasteiger partial charge in [-0.25, -0.2) is 4.98 Å². The molecular formula is C14H13N2+. The van der Waals surface area contributed by atoms with Crippen LogP contribution in [0.3, 0.4) is 0 Å². The van der Waals surface area contributed by atoms with Gasteiger partial charge < -0.3 is 0 Å². The van der Waals surface area contributed by atoms with Gasteiger partial charge in [-0.05, 0) is 19.1 Å². The van der Waals surface area contributed by atoms with Crippen molar-refractivity contribution in [2.75, 3.05) is 0 Å². The Hall–Kier alpha value is -1.96. The molecule has 2 aromatic carbocycles. The normalized spacial score (nSPS) is 11.1. The zero-order valence-electron chi connectivity index (χ0n) is 9.22. The highest BCUT2D eigenvalue weighted by Crippen LogP contribution is 2.13. The van der Waals surface area contributed by atoms with E-state index in [1.165, 1.54) is 11.0 Å². The third-order valence-electron chi connectivity index (χ3n) is 2.90. The molecule has 2 nitrogen and oxygen atoms in total. The van der Waals surface area contributed by atoms with Crippen molar-refractivity contribution in [1.82, 2.24) is 4.98 Å². The Labute approximate surface area is 94.2 Å². The first-order chi connectivity index (χ1) is 7.90. The fourth-order valence-electron chi connectivity index (χ4n) is 2.17. The van der Waals surface area contributed by atoms with Crippen molar-refractivity contribution in [2.24, 2.45) is 0 Å². The second kappa shape index (κ2) is 3.56. The van der Waals surface area contributed by atoms with E-state index in [-0.39, 0.29) is 0 Å². The van der Waals surface area contributed by atoms with Crippen molar-refractivity contribution >= 4 is 22.1 Å². The standard InChI is InChI=1S/C14H13N2/c1-2-16-13-9-5-3-7-11(13)15-12-8-4-6-10-14(12)16/h3-10H,2H2,1H3/q+1. The lowest BCUT2D eigenvalue weighted by molar-refractivity contribution is -0.641. The number of nitrogens with zero attached hydrogens (tertiary/aromatic N) is 2. The summed E-state index contributed by atoms with van der Waals surface area (Å²) in [5.41, 5.74) is 4.51. The molecular weight excluding hydrogens is 196 g/mol. The summed E-state index contributed by atoms with van der Waals surface area (Å²) in [6.07, 6.45) is 0. The van der Waals surface area contributed by atoms with Crippen molar-refractivity contribution in [1.29, 1.82) is 0 Å². The molecule has 0 fully saturated rings. The Balaban J connectivity index is 2.56.